The second-order valence-electron chi connectivity index (χ2n) is 1.91. The van der Waals surface area contributed by atoms with E-state index in [4.69, 9.17) is 9.90 Å². The number of nitrogens with zero attached hydrogens (tertiary/aromatic N) is 1. The van der Waals surface area contributed by atoms with Crippen molar-refractivity contribution in [2.24, 2.45) is 0 Å². The topological polar surface area (TPSA) is 40.5 Å². The molecule has 1 N–H and O–H groups in total. The first-order valence-electron chi connectivity index (χ1n) is 2.85. The van der Waals surface area contributed by atoms with Crippen LogP contribution in [-0.2, 0) is 4.79 Å². The molecule has 0 heterocycles. The summed E-state index contributed by atoms with van der Waals surface area (Å²) in [4.78, 5) is 11.1. The van der Waals surface area contributed by atoms with Crippen LogP contribution in [-0.4, -0.2) is 36.6 Å². The Kier molecular flexibility index (Phi) is 9.29. The fraction of sp³-hybridized carbons (Fsp3) is 0.833. The van der Waals surface area contributed by atoms with Crippen LogP contribution in [0.5, 0.6) is 0 Å². The van der Waals surface area contributed by atoms with Gasteiger partial charge in [-0.15, -0.1) is 0 Å². The minimum absolute atomic E-state index is 0.833. The van der Waals surface area contributed by atoms with Gasteiger partial charge in [-0.05, 0) is 20.6 Å². The van der Waals surface area contributed by atoms with Crippen LogP contribution >= 0.6 is 0 Å². The van der Waals surface area contributed by atoms with E-state index in [1.54, 1.807) is 0 Å². The Bertz CT molecular complexity index is 67.5. The molecule has 0 amide bonds. The van der Waals surface area contributed by atoms with Gasteiger partial charge in [-0.2, -0.15) is 0 Å². The lowest BCUT2D eigenvalue weighted by molar-refractivity contribution is -0.134. The highest BCUT2D eigenvalue weighted by molar-refractivity contribution is 5.62. The van der Waals surface area contributed by atoms with Crippen molar-refractivity contribution >= 4 is 5.97 Å². The summed E-state index contributed by atoms with van der Waals surface area (Å²) in [6.07, 6.45) is 0. The van der Waals surface area contributed by atoms with Gasteiger partial charge in [-0.1, -0.05) is 6.92 Å². The molecule has 0 bridgehead atoms. The Morgan fingerprint density at radius 2 is 1.67 bits per heavy atom. The molecule has 0 atom stereocenters. The monoisotopic (exact) mass is 133 g/mol. The Balaban J connectivity index is 0. The predicted octanol–water partition coefficient (Wildman–Crippen LogP) is 0.659. The average molecular weight is 133 g/mol. The van der Waals surface area contributed by atoms with Crippen molar-refractivity contribution in [1.29, 1.82) is 0 Å². The number of carboxylic acids is 1. The second-order valence-corrected chi connectivity index (χ2v) is 1.91. The van der Waals surface area contributed by atoms with Gasteiger partial charge in [0.25, 0.3) is 5.97 Å². The minimum Gasteiger partial charge on any atom is -0.481 e. The van der Waals surface area contributed by atoms with Crippen molar-refractivity contribution in [2.75, 3.05) is 20.6 Å². The molecule has 0 aliphatic carbocycles. The van der Waals surface area contributed by atoms with E-state index in [2.05, 4.69) is 25.9 Å². The molecule has 0 saturated heterocycles. The number of hydrogen-bond donors (Lipinski definition) is 1. The van der Waals surface area contributed by atoms with Gasteiger partial charge in [-0.3, -0.25) is 4.79 Å². The molecule has 0 aliphatic heterocycles. The molecule has 0 rings (SSSR count). The zero-order valence-corrected chi connectivity index (χ0v) is 6.51. The molecule has 0 aliphatic rings. The molecular formula is C6H15NO2. The zero-order chi connectivity index (χ0) is 7.86. The Labute approximate surface area is 56.3 Å². The van der Waals surface area contributed by atoms with Gasteiger partial charge in [0.1, 0.15) is 0 Å². The van der Waals surface area contributed by atoms with Crippen molar-refractivity contribution in [2.45, 2.75) is 13.8 Å². The molecular weight excluding hydrogens is 118 g/mol. The minimum atomic E-state index is -0.833. The van der Waals surface area contributed by atoms with Gasteiger partial charge in [0.05, 0.1) is 0 Å². The lowest BCUT2D eigenvalue weighted by atomic mass is 10.7. The molecule has 0 radical (unpaired) electrons. The number of rotatable bonds is 1. The first-order chi connectivity index (χ1) is 4.00. The summed E-state index contributed by atoms with van der Waals surface area (Å²) >= 11 is 0. The molecule has 0 fully saturated rings. The van der Waals surface area contributed by atoms with E-state index >= 15 is 0 Å². The van der Waals surface area contributed by atoms with Crippen LogP contribution in [0.25, 0.3) is 0 Å². The molecule has 56 valence electrons. The van der Waals surface area contributed by atoms with E-state index in [-0.39, 0.29) is 0 Å². The van der Waals surface area contributed by atoms with E-state index in [9.17, 15) is 0 Å². The number of hydrogen-bond acceptors (Lipinski definition) is 2. The number of aliphatic carboxylic acids is 1. The van der Waals surface area contributed by atoms with Gasteiger partial charge < -0.3 is 10.0 Å². The lowest BCUT2D eigenvalue weighted by Crippen LogP contribution is -2.08. The Morgan fingerprint density at radius 1 is 1.56 bits per heavy atom. The van der Waals surface area contributed by atoms with Crippen LogP contribution in [0, 0.1) is 0 Å². The summed E-state index contributed by atoms with van der Waals surface area (Å²) in [7, 11) is 4.11. The third-order valence-electron chi connectivity index (χ3n) is 0.632. The maximum Gasteiger partial charge on any atom is 0.300 e. The summed E-state index contributed by atoms with van der Waals surface area (Å²) in [6, 6.07) is 0. The molecule has 0 spiro atoms. The van der Waals surface area contributed by atoms with Gasteiger partial charge >= 0.3 is 0 Å². The predicted molar refractivity (Wildman–Crippen MR) is 37.5 cm³/mol. The molecule has 3 nitrogen and oxygen atoms in total. The van der Waals surface area contributed by atoms with Crippen LogP contribution in [0.2, 0.25) is 0 Å². The van der Waals surface area contributed by atoms with Gasteiger partial charge in [0.15, 0.2) is 0 Å². The molecule has 3 heteroatoms. The van der Waals surface area contributed by atoms with E-state index in [0.717, 1.165) is 13.5 Å². The van der Waals surface area contributed by atoms with E-state index in [1.165, 1.54) is 0 Å². The lowest BCUT2D eigenvalue weighted by Gasteiger charge is -2.00. The average Bonchev–Trinajstić information content (AvgIpc) is 1.65. The Hall–Kier alpha value is -0.570. The number of carboxylic acid groups (broad SMARTS) is 1. The summed E-state index contributed by atoms with van der Waals surface area (Å²) < 4.78 is 0. The molecule has 0 aromatic rings. The van der Waals surface area contributed by atoms with Crippen LogP contribution in [0.15, 0.2) is 0 Å². The van der Waals surface area contributed by atoms with E-state index in [0.29, 0.717) is 0 Å². The third kappa shape index (κ3) is 107. The van der Waals surface area contributed by atoms with Crippen LogP contribution in [0.1, 0.15) is 13.8 Å². The van der Waals surface area contributed by atoms with E-state index in [1.807, 2.05) is 0 Å². The smallest absolute Gasteiger partial charge is 0.300 e. The molecule has 0 aromatic carbocycles. The summed E-state index contributed by atoms with van der Waals surface area (Å²) in [5.74, 6) is -0.833. The third-order valence-corrected chi connectivity index (χ3v) is 0.632. The summed E-state index contributed by atoms with van der Waals surface area (Å²) in [5, 5.41) is 7.42. The molecule has 0 saturated carbocycles. The molecule has 0 unspecified atom stereocenters. The first kappa shape index (κ1) is 11.3. The van der Waals surface area contributed by atoms with Crippen molar-refractivity contribution < 1.29 is 9.90 Å². The highest BCUT2D eigenvalue weighted by Crippen LogP contribution is 1.63. The van der Waals surface area contributed by atoms with Gasteiger partial charge in [0, 0.05) is 6.92 Å². The normalized spacial score (nSPS) is 8.11. The van der Waals surface area contributed by atoms with Gasteiger partial charge in [0.2, 0.25) is 0 Å². The van der Waals surface area contributed by atoms with Crippen LogP contribution in [0.3, 0.4) is 0 Å². The van der Waals surface area contributed by atoms with Crippen LogP contribution in [0.4, 0.5) is 0 Å². The maximum absolute atomic E-state index is 9.00. The van der Waals surface area contributed by atoms with Crippen molar-refractivity contribution in [3.8, 4) is 0 Å². The fourth-order valence-corrected chi connectivity index (χ4v) is 0. The summed E-state index contributed by atoms with van der Waals surface area (Å²) in [5.41, 5.74) is 0. The van der Waals surface area contributed by atoms with E-state index < -0.39 is 5.97 Å². The number of carbonyl (C=O) groups is 1. The SMILES string of the molecule is CC(=O)O.CCN(C)C. The summed E-state index contributed by atoms with van der Waals surface area (Å²) in [6.45, 7) is 4.35. The Morgan fingerprint density at radius 3 is 1.67 bits per heavy atom. The largest absolute Gasteiger partial charge is 0.481 e. The quantitative estimate of drug-likeness (QED) is 0.571. The maximum atomic E-state index is 9.00. The molecule has 0 aromatic heterocycles. The van der Waals surface area contributed by atoms with Crippen molar-refractivity contribution in [3.63, 3.8) is 0 Å². The van der Waals surface area contributed by atoms with Gasteiger partial charge in [-0.25, -0.2) is 0 Å². The highest BCUT2D eigenvalue weighted by atomic mass is 16.4. The zero-order valence-electron chi connectivity index (χ0n) is 6.51. The van der Waals surface area contributed by atoms with Crippen molar-refractivity contribution in [1.82, 2.24) is 4.90 Å². The molecule has 9 heavy (non-hydrogen) atoms. The standard InChI is InChI=1S/C4H11N.C2H4O2/c1-4-5(2)3;1-2(3)4/h4H2,1-3H3;1H3,(H,3,4). The highest BCUT2D eigenvalue weighted by Gasteiger charge is 1.72. The first-order valence-corrected chi connectivity index (χ1v) is 2.85. The second kappa shape index (κ2) is 7.43. The van der Waals surface area contributed by atoms with Crippen LogP contribution < -0.4 is 0 Å². The fourth-order valence-electron chi connectivity index (χ4n) is 0. The van der Waals surface area contributed by atoms with Crippen molar-refractivity contribution in [3.05, 3.63) is 0 Å².